The molecule has 1 aliphatic rings. The second kappa shape index (κ2) is 5.20. The molecule has 1 fully saturated rings. The van der Waals surface area contributed by atoms with E-state index in [1.165, 1.54) is 0 Å². The number of likely N-dealkylation sites (tertiary alicyclic amines) is 1. The molecule has 1 N–H and O–H groups in total. The Morgan fingerprint density at radius 1 is 1.45 bits per heavy atom. The Morgan fingerprint density at radius 2 is 2.30 bits per heavy atom. The van der Waals surface area contributed by atoms with Crippen molar-refractivity contribution in [2.24, 2.45) is 0 Å². The van der Waals surface area contributed by atoms with E-state index in [2.05, 4.69) is 10.2 Å². The highest BCUT2D eigenvalue weighted by Crippen LogP contribution is 2.20. The predicted octanol–water partition coefficient (Wildman–Crippen LogP) is 1.02. The van der Waals surface area contributed by atoms with Gasteiger partial charge in [0.15, 0.2) is 5.65 Å². The minimum absolute atomic E-state index is 0.0258. The van der Waals surface area contributed by atoms with Gasteiger partial charge in [0.2, 0.25) is 0 Å². The van der Waals surface area contributed by atoms with Gasteiger partial charge in [0, 0.05) is 18.3 Å². The molecule has 3 rings (SSSR count). The summed E-state index contributed by atoms with van der Waals surface area (Å²) in [6, 6.07) is 3.48. The minimum atomic E-state index is -0.0629. The van der Waals surface area contributed by atoms with Crippen molar-refractivity contribution in [3.63, 3.8) is 0 Å². The van der Waals surface area contributed by atoms with Gasteiger partial charge in [0.05, 0.1) is 12.6 Å². The van der Waals surface area contributed by atoms with Gasteiger partial charge >= 0.3 is 0 Å². The molecule has 0 radical (unpaired) electrons. The molecule has 0 spiro atoms. The second-order valence-electron chi connectivity index (χ2n) is 5.22. The molecule has 2 aromatic heterocycles. The number of aryl methyl sites for hydroxylation is 1. The highest BCUT2D eigenvalue weighted by molar-refractivity contribution is 5.95. The Balaban J connectivity index is 1.91. The van der Waals surface area contributed by atoms with Crippen LogP contribution in [0.4, 0.5) is 0 Å². The van der Waals surface area contributed by atoms with Gasteiger partial charge in [-0.05, 0) is 38.3 Å². The lowest BCUT2D eigenvalue weighted by molar-refractivity contribution is 0.0503. The lowest BCUT2D eigenvalue weighted by atomic mass is 10.0. The average Bonchev–Trinajstić information content (AvgIpc) is 2.87. The minimum Gasteiger partial charge on any atom is -0.394 e. The van der Waals surface area contributed by atoms with E-state index in [-0.39, 0.29) is 18.6 Å². The fraction of sp³-hybridized carbons (Fsp3) is 0.500. The molecule has 1 amide bonds. The van der Waals surface area contributed by atoms with Crippen molar-refractivity contribution in [1.29, 1.82) is 0 Å². The number of fused-ring (bicyclic) bond motifs is 1. The molecule has 0 aliphatic carbocycles. The maximum Gasteiger partial charge on any atom is 0.254 e. The predicted molar refractivity (Wildman–Crippen MR) is 73.5 cm³/mol. The Kier molecular flexibility index (Phi) is 3.40. The number of hydrogen-bond donors (Lipinski definition) is 1. The summed E-state index contributed by atoms with van der Waals surface area (Å²) in [6.45, 7) is 2.60. The maximum atomic E-state index is 12.6. The molecule has 106 valence electrons. The molecule has 1 saturated heterocycles. The zero-order valence-corrected chi connectivity index (χ0v) is 11.5. The number of aliphatic hydroxyl groups excluding tert-OH is 1. The fourth-order valence-corrected chi connectivity index (χ4v) is 2.77. The highest BCUT2D eigenvalue weighted by Gasteiger charge is 2.27. The first-order valence-electron chi connectivity index (χ1n) is 6.94. The molecule has 1 unspecified atom stereocenters. The summed E-state index contributed by atoms with van der Waals surface area (Å²) < 4.78 is 1.84. The van der Waals surface area contributed by atoms with Gasteiger partial charge in [0.25, 0.3) is 5.91 Å². The van der Waals surface area contributed by atoms with E-state index < -0.39 is 0 Å². The zero-order chi connectivity index (χ0) is 14.1. The molecule has 0 saturated carbocycles. The van der Waals surface area contributed by atoms with Crippen LogP contribution in [0.1, 0.15) is 35.4 Å². The smallest absolute Gasteiger partial charge is 0.254 e. The third-order valence-corrected chi connectivity index (χ3v) is 3.93. The van der Waals surface area contributed by atoms with Gasteiger partial charge in [-0.15, -0.1) is 10.2 Å². The highest BCUT2D eigenvalue weighted by atomic mass is 16.3. The van der Waals surface area contributed by atoms with Gasteiger partial charge in [-0.25, -0.2) is 0 Å². The van der Waals surface area contributed by atoms with Crippen LogP contribution in [0.3, 0.4) is 0 Å². The molecular weight excluding hydrogens is 256 g/mol. The molecule has 1 aliphatic heterocycles. The van der Waals surface area contributed by atoms with Crippen molar-refractivity contribution < 1.29 is 9.90 Å². The third-order valence-electron chi connectivity index (χ3n) is 3.93. The van der Waals surface area contributed by atoms with Gasteiger partial charge < -0.3 is 10.0 Å². The number of hydrogen-bond acceptors (Lipinski definition) is 4. The molecule has 0 bridgehead atoms. The number of piperidine rings is 1. The summed E-state index contributed by atoms with van der Waals surface area (Å²) in [5, 5.41) is 17.4. The van der Waals surface area contributed by atoms with E-state index in [0.29, 0.717) is 17.8 Å². The summed E-state index contributed by atoms with van der Waals surface area (Å²) in [5.41, 5.74) is 1.27. The number of aliphatic hydroxyl groups is 1. The molecule has 20 heavy (non-hydrogen) atoms. The van der Waals surface area contributed by atoms with Gasteiger partial charge in [0.1, 0.15) is 5.82 Å². The number of aromatic nitrogens is 3. The first-order chi connectivity index (χ1) is 9.70. The number of carbonyl (C=O) groups excluding carboxylic acids is 1. The van der Waals surface area contributed by atoms with Crippen LogP contribution in [0.25, 0.3) is 5.65 Å². The average molecular weight is 274 g/mol. The Bertz CT molecular complexity index is 637. The Labute approximate surface area is 117 Å². The molecule has 2 aromatic rings. The van der Waals surface area contributed by atoms with E-state index in [1.807, 2.05) is 17.5 Å². The summed E-state index contributed by atoms with van der Waals surface area (Å²) >= 11 is 0. The lowest BCUT2D eigenvalue weighted by Gasteiger charge is -2.34. The van der Waals surface area contributed by atoms with Gasteiger partial charge in [-0.1, -0.05) is 0 Å². The first-order valence-corrected chi connectivity index (χ1v) is 6.94. The largest absolute Gasteiger partial charge is 0.394 e. The zero-order valence-electron chi connectivity index (χ0n) is 11.5. The number of nitrogens with zero attached hydrogens (tertiary/aromatic N) is 4. The summed E-state index contributed by atoms with van der Waals surface area (Å²) in [7, 11) is 0. The van der Waals surface area contributed by atoms with Crippen molar-refractivity contribution in [3.8, 4) is 0 Å². The monoisotopic (exact) mass is 274 g/mol. The van der Waals surface area contributed by atoms with Crippen LogP contribution < -0.4 is 0 Å². The topological polar surface area (TPSA) is 70.7 Å². The number of amides is 1. The van der Waals surface area contributed by atoms with Gasteiger partial charge in [-0.2, -0.15) is 0 Å². The number of rotatable bonds is 2. The van der Waals surface area contributed by atoms with Crippen LogP contribution in [0.15, 0.2) is 18.3 Å². The third kappa shape index (κ3) is 2.16. The summed E-state index contributed by atoms with van der Waals surface area (Å²) in [4.78, 5) is 14.4. The van der Waals surface area contributed by atoms with Crippen LogP contribution >= 0.6 is 0 Å². The molecule has 3 heterocycles. The standard InChI is InChI=1S/C14H18N4O2/c1-10-15-16-13-8-11(5-7-17(10)13)14(20)18-6-3-2-4-12(18)9-19/h5,7-8,12,19H,2-4,6,9H2,1H3. The Morgan fingerprint density at radius 3 is 3.10 bits per heavy atom. The van der Waals surface area contributed by atoms with Crippen molar-refractivity contribution in [2.45, 2.75) is 32.2 Å². The van der Waals surface area contributed by atoms with E-state index in [1.54, 1.807) is 17.0 Å². The lowest BCUT2D eigenvalue weighted by Crippen LogP contribution is -2.45. The van der Waals surface area contributed by atoms with E-state index in [0.717, 1.165) is 25.1 Å². The molecule has 1 atom stereocenters. The van der Waals surface area contributed by atoms with Crippen LogP contribution in [-0.2, 0) is 0 Å². The normalized spacial score (nSPS) is 19.5. The van der Waals surface area contributed by atoms with Gasteiger partial charge in [-0.3, -0.25) is 9.20 Å². The first kappa shape index (κ1) is 13.1. The summed E-state index contributed by atoms with van der Waals surface area (Å²) in [6.07, 6.45) is 4.75. The van der Waals surface area contributed by atoms with E-state index in [4.69, 9.17) is 0 Å². The van der Waals surface area contributed by atoms with Crippen LogP contribution in [0.2, 0.25) is 0 Å². The SMILES string of the molecule is Cc1nnc2cc(C(=O)N3CCCCC3CO)ccn12. The quantitative estimate of drug-likeness (QED) is 0.887. The van der Waals surface area contributed by atoms with Crippen molar-refractivity contribution in [1.82, 2.24) is 19.5 Å². The molecule has 6 nitrogen and oxygen atoms in total. The van der Waals surface area contributed by atoms with E-state index >= 15 is 0 Å². The van der Waals surface area contributed by atoms with Crippen molar-refractivity contribution in [2.75, 3.05) is 13.2 Å². The van der Waals surface area contributed by atoms with E-state index in [9.17, 15) is 9.90 Å². The second-order valence-corrected chi connectivity index (χ2v) is 5.22. The van der Waals surface area contributed by atoms with Crippen LogP contribution in [0.5, 0.6) is 0 Å². The fourth-order valence-electron chi connectivity index (χ4n) is 2.77. The van der Waals surface area contributed by atoms with Crippen LogP contribution in [-0.4, -0.2) is 49.7 Å². The number of pyridine rings is 1. The molecular formula is C14H18N4O2. The Hall–Kier alpha value is -1.95. The van der Waals surface area contributed by atoms with Crippen molar-refractivity contribution in [3.05, 3.63) is 29.7 Å². The molecule has 6 heteroatoms. The molecule has 0 aromatic carbocycles. The summed E-state index contributed by atoms with van der Waals surface area (Å²) in [5.74, 6) is 0.761. The number of carbonyl (C=O) groups is 1. The van der Waals surface area contributed by atoms with Crippen LogP contribution in [0, 0.1) is 6.92 Å². The van der Waals surface area contributed by atoms with Crippen molar-refractivity contribution >= 4 is 11.6 Å². The maximum absolute atomic E-state index is 12.6.